The van der Waals surface area contributed by atoms with Gasteiger partial charge in [0.25, 0.3) is 0 Å². The van der Waals surface area contributed by atoms with Gasteiger partial charge in [-0.05, 0) is 35.0 Å². The van der Waals surface area contributed by atoms with E-state index in [9.17, 15) is 15.0 Å². The molecule has 1 aliphatic rings. The first-order valence-electron chi connectivity index (χ1n) is 7.62. The number of aromatic hydroxyl groups is 2. The monoisotopic (exact) mass is 399 g/mol. The van der Waals surface area contributed by atoms with Crippen LogP contribution in [0.5, 0.6) is 17.2 Å². The predicted molar refractivity (Wildman–Crippen MR) is 98.1 cm³/mol. The van der Waals surface area contributed by atoms with Gasteiger partial charge in [0.15, 0.2) is 5.76 Å². The van der Waals surface area contributed by atoms with Gasteiger partial charge in [0.1, 0.15) is 22.8 Å². The lowest BCUT2D eigenvalue weighted by Gasteiger charge is -2.01. The number of benzene rings is 2. The number of carbonyl (C=O) groups excluding carboxylic acids is 1. The minimum atomic E-state index is -0.404. The minimum absolute atomic E-state index is 0.0723. The molecule has 0 saturated carbocycles. The maximum atomic E-state index is 12.6. The Labute approximate surface area is 151 Å². The van der Waals surface area contributed by atoms with Crippen molar-refractivity contribution in [1.29, 1.82) is 0 Å². The third kappa shape index (κ3) is 2.25. The Balaban J connectivity index is 1.90. The second kappa shape index (κ2) is 5.39. The number of ether oxygens (including phenoxy) is 1. The lowest BCUT2D eigenvalue weighted by atomic mass is 10.1. The van der Waals surface area contributed by atoms with E-state index in [4.69, 9.17) is 4.74 Å². The van der Waals surface area contributed by atoms with Crippen molar-refractivity contribution in [2.45, 2.75) is 6.92 Å². The molecule has 0 fully saturated rings. The SMILES string of the molecule is Cc1c(/C=C2/Oc3cc(O)cc(O)c3C2=O)c2cccc(Br)c2n1C. The Hall–Kier alpha value is -2.73. The van der Waals surface area contributed by atoms with Crippen LogP contribution in [0.4, 0.5) is 0 Å². The van der Waals surface area contributed by atoms with Crippen molar-refractivity contribution in [3.8, 4) is 17.2 Å². The molecule has 1 aliphatic heterocycles. The van der Waals surface area contributed by atoms with E-state index in [0.717, 1.165) is 32.7 Å². The summed E-state index contributed by atoms with van der Waals surface area (Å²) in [6.07, 6.45) is 1.68. The Kier molecular flexibility index (Phi) is 3.40. The van der Waals surface area contributed by atoms with E-state index in [0.29, 0.717) is 0 Å². The van der Waals surface area contributed by atoms with Crippen LogP contribution >= 0.6 is 15.9 Å². The minimum Gasteiger partial charge on any atom is -0.508 e. The highest BCUT2D eigenvalue weighted by molar-refractivity contribution is 9.10. The van der Waals surface area contributed by atoms with E-state index in [-0.39, 0.29) is 28.6 Å². The highest BCUT2D eigenvalue weighted by atomic mass is 79.9. The van der Waals surface area contributed by atoms with Crippen LogP contribution in [-0.2, 0) is 7.05 Å². The standard InChI is InChI=1S/C19H14BrNO4/c1-9-12(11-4-3-5-13(20)18(11)21(9)2)8-16-19(24)17-14(23)6-10(22)7-15(17)25-16/h3-8,22-23H,1-2H3/b16-8+. The average molecular weight is 400 g/mol. The van der Waals surface area contributed by atoms with Crippen molar-refractivity contribution in [1.82, 2.24) is 4.57 Å². The van der Waals surface area contributed by atoms with Gasteiger partial charge in [-0.3, -0.25) is 4.79 Å². The van der Waals surface area contributed by atoms with Crippen molar-refractivity contribution in [3.63, 3.8) is 0 Å². The van der Waals surface area contributed by atoms with Crippen molar-refractivity contribution < 1.29 is 19.7 Å². The lowest BCUT2D eigenvalue weighted by molar-refractivity contribution is 0.101. The molecule has 1 aromatic heterocycles. The van der Waals surface area contributed by atoms with Gasteiger partial charge in [-0.2, -0.15) is 0 Å². The molecule has 25 heavy (non-hydrogen) atoms. The summed E-state index contributed by atoms with van der Waals surface area (Å²) in [5.41, 5.74) is 2.95. The second-order valence-corrected chi connectivity index (χ2v) is 6.83. The third-order valence-electron chi connectivity index (χ3n) is 4.52. The number of aryl methyl sites for hydroxylation is 1. The number of ketones is 1. The zero-order valence-corrected chi connectivity index (χ0v) is 15.1. The number of rotatable bonds is 1. The third-order valence-corrected chi connectivity index (χ3v) is 5.16. The van der Waals surface area contributed by atoms with Crippen LogP contribution in [0.3, 0.4) is 0 Å². The summed E-state index contributed by atoms with van der Waals surface area (Å²) in [5.74, 6) is -0.574. The molecule has 0 saturated heterocycles. The van der Waals surface area contributed by atoms with Crippen molar-refractivity contribution in [2.75, 3.05) is 0 Å². The van der Waals surface area contributed by atoms with E-state index < -0.39 is 5.78 Å². The number of phenols is 2. The molecule has 0 radical (unpaired) electrons. The number of allylic oxidation sites excluding steroid dienone is 1. The quantitative estimate of drug-likeness (QED) is 0.599. The highest BCUT2D eigenvalue weighted by Crippen LogP contribution is 2.41. The van der Waals surface area contributed by atoms with Crippen molar-refractivity contribution in [3.05, 3.63) is 57.4 Å². The highest BCUT2D eigenvalue weighted by Gasteiger charge is 2.31. The molecular weight excluding hydrogens is 386 g/mol. The molecule has 2 N–H and O–H groups in total. The molecular formula is C19H14BrNO4. The maximum Gasteiger partial charge on any atom is 0.235 e. The molecule has 0 bridgehead atoms. The van der Waals surface area contributed by atoms with Gasteiger partial charge in [0.2, 0.25) is 5.78 Å². The first kappa shape index (κ1) is 15.8. The summed E-state index contributed by atoms with van der Waals surface area (Å²) in [6.45, 7) is 1.97. The van der Waals surface area contributed by atoms with Crippen molar-refractivity contribution in [2.24, 2.45) is 7.05 Å². The van der Waals surface area contributed by atoms with Gasteiger partial charge in [-0.15, -0.1) is 0 Å². The molecule has 6 heteroatoms. The Morgan fingerprint density at radius 2 is 2.00 bits per heavy atom. The summed E-state index contributed by atoms with van der Waals surface area (Å²) < 4.78 is 8.60. The molecule has 2 heterocycles. The number of halogens is 1. The fraction of sp³-hybridized carbons (Fsp3) is 0.105. The summed E-state index contributed by atoms with van der Waals surface area (Å²) in [4.78, 5) is 12.6. The van der Waals surface area contributed by atoms with E-state index in [2.05, 4.69) is 15.9 Å². The van der Waals surface area contributed by atoms with Crippen LogP contribution in [0.2, 0.25) is 0 Å². The fourth-order valence-electron chi connectivity index (χ4n) is 3.21. The normalized spacial score (nSPS) is 15.0. The van der Waals surface area contributed by atoms with E-state index >= 15 is 0 Å². The number of fused-ring (bicyclic) bond motifs is 2. The summed E-state index contributed by atoms with van der Waals surface area (Å²) in [7, 11) is 1.96. The van der Waals surface area contributed by atoms with Gasteiger partial charge in [-0.25, -0.2) is 0 Å². The lowest BCUT2D eigenvalue weighted by Crippen LogP contribution is -1.99. The molecule has 5 nitrogen and oxygen atoms in total. The van der Waals surface area contributed by atoms with Crippen LogP contribution in [0.25, 0.3) is 17.0 Å². The summed E-state index contributed by atoms with van der Waals surface area (Å²) in [6, 6.07) is 8.33. The first-order chi connectivity index (χ1) is 11.9. The molecule has 0 aliphatic carbocycles. The number of Topliss-reactive ketones (excluding diaryl/α,β-unsaturated/α-hetero) is 1. The molecule has 0 unspecified atom stereocenters. The molecule has 0 spiro atoms. The first-order valence-corrected chi connectivity index (χ1v) is 8.41. The number of nitrogens with zero attached hydrogens (tertiary/aromatic N) is 1. The summed E-state index contributed by atoms with van der Waals surface area (Å²) >= 11 is 3.56. The Morgan fingerprint density at radius 3 is 2.76 bits per heavy atom. The molecule has 2 aromatic carbocycles. The van der Waals surface area contributed by atoms with Crippen LogP contribution in [0.15, 0.2) is 40.6 Å². The number of hydrogen-bond acceptors (Lipinski definition) is 4. The zero-order valence-electron chi connectivity index (χ0n) is 13.5. The van der Waals surface area contributed by atoms with Gasteiger partial charge in [0, 0.05) is 40.3 Å². The molecule has 4 rings (SSSR count). The molecule has 3 aromatic rings. The predicted octanol–water partition coefficient (Wildman–Crippen LogP) is 4.28. The van der Waals surface area contributed by atoms with Gasteiger partial charge in [0.05, 0.1) is 5.52 Å². The Bertz CT molecular complexity index is 1090. The molecule has 0 amide bonds. The summed E-state index contributed by atoms with van der Waals surface area (Å²) in [5, 5.41) is 20.5. The average Bonchev–Trinajstić information content (AvgIpc) is 2.98. The number of aromatic nitrogens is 1. The fourth-order valence-corrected chi connectivity index (χ4v) is 3.84. The van der Waals surface area contributed by atoms with Crippen LogP contribution < -0.4 is 4.74 Å². The molecule has 126 valence electrons. The van der Waals surface area contributed by atoms with Crippen LogP contribution in [0, 0.1) is 6.92 Å². The van der Waals surface area contributed by atoms with E-state index in [1.807, 2.05) is 36.7 Å². The van der Waals surface area contributed by atoms with Crippen LogP contribution in [-0.4, -0.2) is 20.6 Å². The number of para-hydroxylation sites is 1. The van der Waals surface area contributed by atoms with Gasteiger partial charge >= 0.3 is 0 Å². The topological polar surface area (TPSA) is 71.7 Å². The molecule has 0 atom stereocenters. The largest absolute Gasteiger partial charge is 0.508 e. The van der Waals surface area contributed by atoms with E-state index in [1.165, 1.54) is 6.07 Å². The second-order valence-electron chi connectivity index (χ2n) is 5.97. The van der Waals surface area contributed by atoms with Crippen LogP contribution in [0.1, 0.15) is 21.6 Å². The smallest absolute Gasteiger partial charge is 0.235 e. The van der Waals surface area contributed by atoms with Gasteiger partial charge in [-0.1, -0.05) is 12.1 Å². The van der Waals surface area contributed by atoms with Crippen molar-refractivity contribution >= 4 is 38.7 Å². The van der Waals surface area contributed by atoms with Gasteiger partial charge < -0.3 is 19.5 Å². The van der Waals surface area contributed by atoms with E-state index in [1.54, 1.807) is 6.08 Å². The Morgan fingerprint density at radius 1 is 1.24 bits per heavy atom. The maximum absolute atomic E-state index is 12.6. The number of phenolic OH excluding ortho intramolecular Hbond substituents is 2. The zero-order chi connectivity index (χ0) is 17.9. The number of hydrogen-bond donors (Lipinski definition) is 2. The number of carbonyl (C=O) groups is 1.